The Kier molecular flexibility index (Phi) is 2.47. The number of halogens is 2. The zero-order valence-electron chi connectivity index (χ0n) is 6.27. The van der Waals surface area contributed by atoms with Gasteiger partial charge in [-0.05, 0) is 34.5 Å². The van der Waals surface area contributed by atoms with Gasteiger partial charge in [-0.1, -0.05) is 0 Å². The average Bonchev–Trinajstić information content (AvgIpc) is 2.02. The van der Waals surface area contributed by atoms with E-state index in [0.717, 1.165) is 0 Å². The lowest BCUT2D eigenvalue weighted by molar-refractivity contribution is 0.111. The van der Waals surface area contributed by atoms with Gasteiger partial charge in [-0.25, -0.2) is 4.39 Å². The predicted octanol–water partition coefficient (Wildman–Crippen LogP) is 2.41. The van der Waals surface area contributed by atoms with Gasteiger partial charge < -0.3 is 5.11 Å². The molecule has 0 aliphatic carbocycles. The first-order chi connectivity index (χ1) is 5.57. The van der Waals surface area contributed by atoms with Crippen LogP contribution in [0.3, 0.4) is 0 Å². The summed E-state index contributed by atoms with van der Waals surface area (Å²) in [5.74, 6) is -1.03. The molecule has 0 amide bonds. The summed E-state index contributed by atoms with van der Waals surface area (Å²) in [4.78, 5) is 10.3. The van der Waals surface area contributed by atoms with Crippen molar-refractivity contribution in [1.82, 2.24) is 0 Å². The second kappa shape index (κ2) is 3.23. The van der Waals surface area contributed by atoms with E-state index in [1.807, 2.05) is 0 Å². The molecule has 1 rings (SSSR count). The van der Waals surface area contributed by atoms with Crippen LogP contribution in [-0.4, -0.2) is 11.4 Å². The van der Waals surface area contributed by atoms with Gasteiger partial charge in [-0.15, -0.1) is 0 Å². The van der Waals surface area contributed by atoms with Crippen molar-refractivity contribution in [3.05, 3.63) is 27.5 Å². The summed E-state index contributed by atoms with van der Waals surface area (Å²) in [6.45, 7) is 1.52. The first kappa shape index (κ1) is 9.19. The number of carbonyl (C=O) groups excluding carboxylic acids is 1. The highest BCUT2D eigenvalue weighted by atomic mass is 79.9. The summed E-state index contributed by atoms with van der Waals surface area (Å²) in [6.07, 6.45) is 0.294. The number of aryl methyl sites for hydroxylation is 1. The Morgan fingerprint density at radius 3 is 2.75 bits per heavy atom. The summed E-state index contributed by atoms with van der Waals surface area (Å²) < 4.78 is 13.4. The lowest BCUT2D eigenvalue weighted by Gasteiger charge is -2.04. The fourth-order valence-electron chi connectivity index (χ4n) is 0.874. The number of aldehydes is 1. The van der Waals surface area contributed by atoms with Crippen LogP contribution in [0, 0.1) is 12.7 Å². The molecule has 12 heavy (non-hydrogen) atoms. The number of hydrogen-bond acceptors (Lipinski definition) is 2. The number of phenolic OH excluding ortho intramolecular Hbond substituents is 1. The fourth-order valence-corrected chi connectivity index (χ4v) is 1.43. The van der Waals surface area contributed by atoms with Crippen molar-refractivity contribution in [3.63, 3.8) is 0 Å². The molecule has 1 aromatic carbocycles. The van der Waals surface area contributed by atoms with Crippen LogP contribution in [0.25, 0.3) is 0 Å². The largest absolute Gasteiger partial charge is 0.506 e. The van der Waals surface area contributed by atoms with Gasteiger partial charge in [-0.3, -0.25) is 4.79 Å². The van der Waals surface area contributed by atoms with Crippen LogP contribution >= 0.6 is 15.9 Å². The molecule has 0 bridgehead atoms. The molecule has 0 aliphatic heterocycles. The molecule has 0 fully saturated rings. The first-order valence-corrected chi connectivity index (χ1v) is 4.00. The Balaban J connectivity index is 3.52. The molecular weight excluding hydrogens is 227 g/mol. The van der Waals surface area contributed by atoms with Crippen molar-refractivity contribution in [2.75, 3.05) is 0 Å². The number of rotatable bonds is 1. The van der Waals surface area contributed by atoms with Crippen LogP contribution in [0.2, 0.25) is 0 Å². The number of carbonyl (C=O) groups is 1. The highest BCUT2D eigenvalue weighted by Crippen LogP contribution is 2.30. The highest BCUT2D eigenvalue weighted by Gasteiger charge is 2.13. The third-order valence-corrected chi connectivity index (χ3v) is 2.13. The van der Waals surface area contributed by atoms with Gasteiger partial charge in [0.2, 0.25) is 0 Å². The zero-order chi connectivity index (χ0) is 9.30. The maximum absolute atomic E-state index is 13.0. The minimum Gasteiger partial charge on any atom is -0.506 e. The molecule has 0 unspecified atom stereocenters. The van der Waals surface area contributed by atoms with Crippen LogP contribution < -0.4 is 0 Å². The van der Waals surface area contributed by atoms with E-state index in [9.17, 15) is 14.3 Å². The van der Waals surface area contributed by atoms with E-state index in [1.54, 1.807) is 0 Å². The Morgan fingerprint density at radius 1 is 1.67 bits per heavy atom. The Bertz CT molecular complexity index is 310. The van der Waals surface area contributed by atoms with Crippen molar-refractivity contribution in [2.45, 2.75) is 6.92 Å². The Morgan fingerprint density at radius 2 is 2.25 bits per heavy atom. The monoisotopic (exact) mass is 232 g/mol. The molecular formula is C8H6BrFO2. The van der Waals surface area contributed by atoms with Crippen molar-refractivity contribution in [3.8, 4) is 5.75 Å². The molecule has 1 N–H and O–H groups in total. The van der Waals surface area contributed by atoms with E-state index in [-0.39, 0.29) is 11.3 Å². The van der Waals surface area contributed by atoms with Crippen molar-refractivity contribution in [1.29, 1.82) is 0 Å². The second-order valence-electron chi connectivity index (χ2n) is 2.37. The summed E-state index contributed by atoms with van der Waals surface area (Å²) in [7, 11) is 0. The van der Waals surface area contributed by atoms with E-state index in [1.165, 1.54) is 13.0 Å². The summed E-state index contributed by atoms with van der Waals surface area (Å²) >= 11 is 3.00. The zero-order valence-corrected chi connectivity index (χ0v) is 7.85. The smallest absolute Gasteiger partial charge is 0.156 e. The van der Waals surface area contributed by atoms with Gasteiger partial charge in [0.25, 0.3) is 0 Å². The van der Waals surface area contributed by atoms with Crippen LogP contribution in [0.5, 0.6) is 5.75 Å². The van der Waals surface area contributed by atoms with Crippen LogP contribution in [0.1, 0.15) is 15.9 Å². The standard InChI is InChI=1S/C8H6BrFO2/c1-4-2-6(9)8(12)5(3-11)7(4)10/h2-3,12H,1H3. The summed E-state index contributed by atoms with van der Waals surface area (Å²) in [5.41, 5.74) is 0.0173. The molecule has 0 saturated heterocycles. The van der Waals surface area contributed by atoms with E-state index in [0.29, 0.717) is 16.3 Å². The van der Waals surface area contributed by atoms with Crippen LogP contribution in [0.15, 0.2) is 10.5 Å². The molecule has 0 saturated carbocycles. The molecule has 4 heteroatoms. The van der Waals surface area contributed by atoms with Crippen molar-refractivity contribution in [2.24, 2.45) is 0 Å². The maximum Gasteiger partial charge on any atom is 0.156 e. The minimum atomic E-state index is -0.675. The topological polar surface area (TPSA) is 37.3 Å². The molecule has 0 aromatic heterocycles. The molecule has 0 aliphatic rings. The number of hydrogen-bond donors (Lipinski definition) is 1. The van der Waals surface area contributed by atoms with Crippen molar-refractivity contribution >= 4 is 22.2 Å². The molecule has 64 valence electrons. The normalized spacial score (nSPS) is 9.92. The minimum absolute atomic E-state index is 0.294. The second-order valence-corrected chi connectivity index (χ2v) is 3.22. The lowest BCUT2D eigenvalue weighted by Crippen LogP contribution is -1.93. The predicted molar refractivity (Wildman–Crippen MR) is 45.9 cm³/mol. The third-order valence-electron chi connectivity index (χ3n) is 1.53. The van der Waals surface area contributed by atoms with Gasteiger partial charge in [0.1, 0.15) is 11.6 Å². The van der Waals surface area contributed by atoms with E-state index < -0.39 is 5.82 Å². The molecule has 0 heterocycles. The van der Waals surface area contributed by atoms with Crippen LogP contribution in [0.4, 0.5) is 4.39 Å². The van der Waals surface area contributed by atoms with E-state index in [2.05, 4.69) is 15.9 Å². The summed E-state index contributed by atoms with van der Waals surface area (Å²) in [5, 5.41) is 9.18. The molecule has 0 radical (unpaired) electrons. The van der Waals surface area contributed by atoms with Crippen LogP contribution in [-0.2, 0) is 0 Å². The summed E-state index contributed by atoms with van der Waals surface area (Å²) in [6, 6.07) is 1.41. The Labute approximate surface area is 77.2 Å². The van der Waals surface area contributed by atoms with Gasteiger partial charge in [0, 0.05) is 0 Å². The van der Waals surface area contributed by atoms with Gasteiger partial charge in [-0.2, -0.15) is 0 Å². The highest BCUT2D eigenvalue weighted by molar-refractivity contribution is 9.10. The van der Waals surface area contributed by atoms with E-state index in [4.69, 9.17) is 0 Å². The van der Waals surface area contributed by atoms with E-state index >= 15 is 0 Å². The van der Waals surface area contributed by atoms with Gasteiger partial charge in [0.05, 0.1) is 10.0 Å². The molecule has 0 atom stereocenters. The fraction of sp³-hybridized carbons (Fsp3) is 0.125. The quantitative estimate of drug-likeness (QED) is 0.756. The number of phenols is 1. The van der Waals surface area contributed by atoms with Gasteiger partial charge >= 0.3 is 0 Å². The molecule has 1 aromatic rings. The SMILES string of the molecule is Cc1cc(Br)c(O)c(C=O)c1F. The maximum atomic E-state index is 13.0. The average molecular weight is 233 g/mol. The lowest BCUT2D eigenvalue weighted by atomic mass is 10.1. The molecule has 2 nitrogen and oxygen atoms in total. The third kappa shape index (κ3) is 1.34. The van der Waals surface area contributed by atoms with Crippen molar-refractivity contribution < 1.29 is 14.3 Å². The number of aromatic hydroxyl groups is 1. The first-order valence-electron chi connectivity index (χ1n) is 3.20. The Hall–Kier alpha value is -0.900. The van der Waals surface area contributed by atoms with Gasteiger partial charge in [0.15, 0.2) is 6.29 Å². The number of benzene rings is 1. The molecule has 0 spiro atoms.